The standard InChI is InChI=1S/C13H15BrN2S/c1-8-3-4-10(5-9(8)2)13(16-15)12-6-11(14)7-17-12/h3-7,13,16H,15H2,1-2H3. The lowest BCUT2D eigenvalue weighted by atomic mass is 10.0. The maximum absolute atomic E-state index is 5.68. The topological polar surface area (TPSA) is 38.0 Å². The van der Waals surface area contributed by atoms with Crippen LogP contribution in [0.4, 0.5) is 0 Å². The van der Waals surface area contributed by atoms with Gasteiger partial charge in [-0.25, -0.2) is 5.43 Å². The van der Waals surface area contributed by atoms with Crippen LogP contribution in [0.1, 0.15) is 27.6 Å². The van der Waals surface area contributed by atoms with Gasteiger partial charge in [-0.3, -0.25) is 5.84 Å². The van der Waals surface area contributed by atoms with Crippen LogP contribution in [-0.4, -0.2) is 0 Å². The van der Waals surface area contributed by atoms with E-state index in [9.17, 15) is 0 Å². The Morgan fingerprint density at radius 3 is 2.53 bits per heavy atom. The number of hydrogen-bond donors (Lipinski definition) is 2. The zero-order chi connectivity index (χ0) is 12.4. The lowest BCUT2D eigenvalue weighted by molar-refractivity contribution is 0.646. The quantitative estimate of drug-likeness (QED) is 0.670. The molecule has 0 aliphatic rings. The summed E-state index contributed by atoms with van der Waals surface area (Å²) in [6.45, 7) is 4.24. The van der Waals surface area contributed by atoms with Gasteiger partial charge in [-0.2, -0.15) is 0 Å². The zero-order valence-corrected chi connectivity index (χ0v) is 12.2. The van der Waals surface area contributed by atoms with E-state index in [0.29, 0.717) is 0 Å². The summed E-state index contributed by atoms with van der Waals surface area (Å²) in [7, 11) is 0. The van der Waals surface area contributed by atoms with Crippen LogP contribution >= 0.6 is 27.3 Å². The lowest BCUT2D eigenvalue weighted by Crippen LogP contribution is -2.28. The van der Waals surface area contributed by atoms with E-state index in [4.69, 9.17) is 5.84 Å². The molecule has 0 spiro atoms. The van der Waals surface area contributed by atoms with Gasteiger partial charge < -0.3 is 0 Å². The van der Waals surface area contributed by atoms with E-state index in [0.717, 1.165) is 4.47 Å². The number of nitrogens with one attached hydrogen (secondary N) is 1. The smallest absolute Gasteiger partial charge is 0.0803 e. The first-order chi connectivity index (χ1) is 8.11. The number of halogens is 1. The fourth-order valence-corrected chi connectivity index (χ4v) is 3.30. The summed E-state index contributed by atoms with van der Waals surface area (Å²) in [6.07, 6.45) is 0. The molecule has 0 aliphatic heterocycles. The third-order valence-corrected chi connectivity index (χ3v) is 4.66. The summed E-state index contributed by atoms with van der Waals surface area (Å²) in [4.78, 5) is 1.21. The number of aryl methyl sites for hydroxylation is 2. The van der Waals surface area contributed by atoms with Gasteiger partial charge in [0, 0.05) is 14.7 Å². The van der Waals surface area contributed by atoms with Crippen molar-refractivity contribution >= 4 is 27.3 Å². The van der Waals surface area contributed by atoms with E-state index >= 15 is 0 Å². The molecular weight excluding hydrogens is 296 g/mol. The Bertz CT molecular complexity index is 522. The predicted octanol–water partition coefficient (Wildman–Crippen LogP) is 3.68. The second-order valence-electron chi connectivity index (χ2n) is 4.11. The van der Waals surface area contributed by atoms with Gasteiger partial charge in [0.2, 0.25) is 0 Å². The average molecular weight is 311 g/mol. The molecule has 1 aromatic heterocycles. The monoisotopic (exact) mass is 310 g/mol. The van der Waals surface area contributed by atoms with Gasteiger partial charge in [0.05, 0.1) is 6.04 Å². The maximum Gasteiger partial charge on any atom is 0.0803 e. The second kappa shape index (κ2) is 5.31. The highest BCUT2D eigenvalue weighted by Crippen LogP contribution is 2.30. The summed E-state index contributed by atoms with van der Waals surface area (Å²) in [5, 5.41) is 2.07. The molecule has 17 heavy (non-hydrogen) atoms. The van der Waals surface area contributed by atoms with Crippen LogP contribution in [0.3, 0.4) is 0 Å². The molecule has 0 bridgehead atoms. The van der Waals surface area contributed by atoms with Crippen LogP contribution in [0, 0.1) is 13.8 Å². The Morgan fingerprint density at radius 2 is 2.00 bits per heavy atom. The van der Waals surface area contributed by atoms with Crippen molar-refractivity contribution in [2.45, 2.75) is 19.9 Å². The third kappa shape index (κ3) is 2.77. The molecule has 2 aromatic rings. The summed E-state index contributed by atoms with van der Waals surface area (Å²) in [6, 6.07) is 8.61. The molecule has 4 heteroatoms. The number of rotatable bonds is 3. The lowest BCUT2D eigenvalue weighted by Gasteiger charge is -2.16. The van der Waals surface area contributed by atoms with E-state index in [1.807, 2.05) is 0 Å². The molecule has 1 heterocycles. The molecule has 0 saturated carbocycles. The Kier molecular flexibility index (Phi) is 3.99. The van der Waals surface area contributed by atoms with Gasteiger partial charge in [-0.05, 0) is 52.5 Å². The first-order valence-electron chi connectivity index (χ1n) is 5.39. The average Bonchev–Trinajstić information content (AvgIpc) is 2.71. The van der Waals surface area contributed by atoms with Gasteiger partial charge in [0.15, 0.2) is 0 Å². The fraction of sp³-hybridized carbons (Fsp3) is 0.231. The molecule has 0 amide bonds. The Morgan fingerprint density at radius 1 is 1.24 bits per heavy atom. The van der Waals surface area contributed by atoms with E-state index in [1.165, 1.54) is 21.6 Å². The van der Waals surface area contributed by atoms with Crippen LogP contribution in [0.2, 0.25) is 0 Å². The Hall–Kier alpha value is -0.680. The van der Waals surface area contributed by atoms with Crippen LogP contribution in [0.25, 0.3) is 0 Å². The highest BCUT2D eigenvalue weighted by atomic mass is 79.9. The highest BCUT2D eigenvalue weighted by Gasteiger charge is 2.14. The summed E-state index contributed by atoms with van der Waals surface area (Å²) in [5.41, 5.74) is 6.68. The van der Waals surface area contributed by atoms with Gasteiger partial charge in [0.1, 0.15) is 0 Å². The third-order valence-electron chi connectivity index (χ3n) is 2.90. The first-order valence-corrected chi connectivity index (χ1v) is 7.06. The van der Waals surface area contributed by atoms with Crippen LogP contribution in [0.5, 0.6) is 0 Å². The summed E-state index contributed by atoms with van der Waals surface area (Å²) in [5.74, 6) is 5.68. The molecule has 0 aliphatic carbocycles. The molecule has 0 radical (unpaired) electrons. The molecule has 1 atom stereocenters. The van der Waals surface area contributed by atoms with Crippen molar-refractivity contribution in [2.75, 3.05) is 0 Å². The SMILES string of the molecule is Cc1ccc(C(NN)c2cc(Br)cs2)cc1C. The predicted molar refractivity (Wildman–Crippen MR) is 77.1 cm³/mol. The minimum atomic E-state index is 0.0607. The van der Waals surface area contributed by atoms with E-state index in [1.54, 1.807) is 11.3 Å². The van der Waals surface area contributed by atoms with Gasteiger partial charge >= 0.3 is 0 Å². The van der Waals surface area contributed by atoms with Crippen LogP contribution < -0.4 is 11.3 Å². The zero-order valence-electron chi connectivity index (χ0n) is 9.83. The number of thiophene rings is 1. The largest absolute Gasteiger partial charge is 0.271 e. The van der Waals surface area contributed by atoms with Crippen LogP contribution in [-0.2, 0) is 0 Å². The Labute approximate surface area is 114 Å². The molecule has 0 saturated heterocycles. The number of benzene rings is 1. The van der Waals surface area contributed by atoms with Crippen molar-refractivity contribution < 1.29 is 0 Å². The number of hydrogen-bond acceptors (Lipinski definition) is 3. The second-order valence-corrected chi connectivity index (χ2v) is 5.97. The van der Waals surface area contributed by atoms with Crippen molar-refractivity contribution in [1.82, 2.24) is 5.43 Å². The van der Waals surface area contributed by atoms with Crippen LogP contribution in [0.15, 0.2) is 34.1 Å². The summed E-state index contributed by atoms with van der Waals surface area (Å²) < 4.78 is 1.10. The van der Waals surface area contributed by atoms with Gasteiger partial charge in [-0.15, -0.1) is 11.3 Å². The van der Waals surface area contributed by atoms with Crippen molar-refractivity contribution in [1.29, 1.82) is 0 Å². The molecule has 90 valence electrons. The maximum atomic E-state index is 5.68. The fourth-order valence-electron chi connectivity index (χ4n) is 1.77. The van der Waals surface area contributed by atoms with E-state index in [2.05, 4.69) is 64.8 Å². The highest BCUT2D eigenvalue weighted by molar-refractivity contribution is 9.10. The minimum Gasteiger partial charge on any atom is -0.271 e. The molecule has 2 nitrogen and oxygen atoms in total. The summed E-state index contributed by atoms with van der Waals surface area (Å²) >= 11 is 5.17. The molecule has 1 aromatic carbocycles. The van der Waals surface area contributed by atoms with Crippen molar-refractivity contribution in [3.05, 3.63) is 55.7 Å². The first kappa shape index (κ1) is 12.8. The minimum absolute atomic E-state index is 0.0607. The van der Waals surface area contributed by atoms with E-state index in [-0.39, 0.29) is 6.04 Å². The number of hydrazine groups is 1. The van der Waals surface area contributed by atoms with Gasteiger partial charge in [-0.1, -0.05) is 18.2 Å². The molecule has 0 fully saturated rings. The molecule has 2 rings (SSSR count). The van der Waals surface area contributed by atoms with Crippen molar-refractivity contribution in [3.8, 4) is 0 Å². The molecule has 1 unspecified atom stereocenters. The molecular formula is C13H15BrN2S. The van der Waals surface area contributed by atoms with Crippen molar-refractivity contribution in [2.24, 2.45) is 5.84 Å². The number of nitrogens with two attached hydrogens (primary N) is 1. The molecule has 3 N–H and O–H groups in total. The van der Waals surface area contributed by atoms with Crippen molar-refractivity contribution in [3.63, 3.8) is 0 Å². The normalized spacial score (nSPS) is 12.7. The Balaban J connectivity index is 2.38. The van der Waals surface area contributed by atoms with Gasteiger partial charge in [0.25, 0.3) is 0 Å². The van der Waals surface area contributed by atoms with E-state index < -0.39 is 0 Å².